The second-order valence-corrected chi connectivity index (χ2v) is 8.57. The molecule has 2 amide bonds. The maximum Gasteiger partial charge on any atom is 0.248 e. The van der Waals surface area contributed by atoms with Gasteiger partial charge in [-0.3, -0.25) is 14.5 Å². The fraction of sp³-hybridized carbons (Fsp3) is 0.417. The van der Waals surface area contributed by atoms with Crippen LogP contribution in [0.25, 0.3) is 0 Å². The maximum atomic E-state index is 13.6. The van der Waals surface area contributed by atoms with Gasteiger partial charge in [0.1, 0.15) is 17.7 Å². The van der Waals surface area contributed by atoms with Crippen LogP contribution in [0, 0.1) is 5.92 Å². The molecule has 0 heterocycles. The molecule has 5 nitrogen and oxygen atoms in total. The summed E-state index contributed by atoms with van der Waals surface area (Å²) >= 11 is 12.5. The molecule has 1 fully saturated rings. The number of rotatable bonds is 7. The molecule has 31 heavy (non-hydrogen) atoms. The molecule has 0 bridgehead atoms. The lowest BCUT2D eigenvalue weighted by Crippen LogP contribution is -2.49. The maximum absolute atomic E-state index is 13.6. The lowest BCUT2D eigenvalue weighted by atomic mass is 9.85. The van der Waals surface area contributed by atoms with Crippen LogP contribution in [-0.4, -0.2) is 30.8 Å². The lowest BCUT2D eigenvalue weighted by Gasteiger charge is -2.35. The van der Waals surface area contributed by atoms with Crippen molar-refractivity contribution >= 4 is 40.7 Å². The van der Waals surface area contributed by atoms with E-state index in [0.717, 1.165) is 19.3 Å². The van der Waals surface area contributed by atoms with E-state index in [9.17, 15) is 9.59 Å². The van der Waals surface area contributed by atoms with Crippen LogP contribution in [0.1, 0.15) is 44.2 Å². The molecule has 2 aromatic carbocycles. The van der Waals surface area contributed by atoms with Crippen molar-refractivity contribution in [1.29, 1.82) is 0 Å². The molecule has 0 aliphatic heterocycles. The molecule has 7 heteroatoms. The molecule has 1 saturated carbocycles. The molecule has 0 spiro atoms. The first kappa shape index (κ1) is 23.4. The first-order valence-corrected chi connectivity index (χ1v) is 11.4. The molecule has 2 aromatic rings. The molecule has 3 atom stereocenters. The molecule has 166 valence electrons. The van der Waals surface area contributed by atoms with E-state index in [1.54, 1.807) is 49.6 Å². The topological polar surface area (TPSA) is 58.6 Å². The van der Waals surface area contributed by atoms with Gasteiger partial charge < -0.3 is 10.1 Å². The smallest absolute Gasteiger partial charge is 0.248 e. The van der Waals surface area contributed by atoms with Gasteiger partial charge >= 0.3 is 0 Å². The van der Waals surface area contributed by atoms with Crippen molar-refractivity contribution in [2.75, 3.05) is 17.9 Å². The number of anilines is 1. The van der Waals surface area contributed by atoms with E-state index in [-0.39, 0.29) is 23.7 Å². The number of hydrogen-bond acceptors (Lipinski definition) is 3. The van der Waals surface area contributed by atoms with E-state index in [1.165, 1.54) is 11.3 Å². The highest BCUT2D eigenvalue weighted by atomic mass is 35.5. The third kappa shape index (κ3) is 5.52. The number of hydrogen-bond donors (Lipinski definition) is 1. The summed E-state index contributed by atoms with van der Waals surface area (Å²) in [5.74, 6) is 0.115. The van der Waals surface area contributed by atoms with E-state index >= 15 is 0 Å². The normalized spacial score (nSPS) is 19.4. The minimum atomic E-state index is -0.942. The van der Waals surface area contributed by atoms with Gasteiger partial charge in [0.25, 0.3) is 0 Å². The zero-order valence-corrected chi connectivity index (χ0v) is 19.3. The summed E-state index contributed by atoms with van der Waals surface area (Å²) in [6, 6.07) is 13.2. The zero-order chi connectivity index (χ0) is 22.4. The molecule has 1 N–H and O–H groups in total. The van der Waals surface area contributed by atoms with Crippen molar-refractivity contribution < 1.29 is 14.3 Å². The summed E-state index contributed by atoms with van der Waals surface area (Å²) in [6.45, 7) is 2.15. The largest absolute Gasteiger partial charge is 0.497 e. The number of methoxy groups -OCH3 is 1. The Kier molecular flexibility index (Phi) is 8.22. The van der Waals surface area contributed by atoms with Crippen molar-refractivity contribution in [3.05, 3.63) is 59.1 Å². The van der Waals surface area contributed by atoms with E-state index in [2.05, 4.69) is 12.2 Å². The standard InChI is InChI=1S/C24H28Cl2N2O3/c1-16-7-3-6-10-21(16)27-24(30)23(19-8-4-5-9-20(19)26)28(22(29)15-25)17-11-13-18(31-2)14-12-17/h4-5,8-9,11-14,16,21,23H,3,6-7,10,15H2,1-2H3,(H,27,30)/t16-,21-,23-/m0/s1. The van der Waals surface area contributed by atoms with Crippen LogP contribution in [0.5, 0.6) is 5.75 Å². The second-order valence-electron chi connectivity index (χ2n) is 7.90. The van der Waals surface area contributed by atoms with E-state index < -0.39 is 6.04 Å². The first-order valence-electron chi connectivity index (χ1n) is 10.5. The summed E-state index contributed by atoms with van der Waals surface area (Å²) in [6.07, 6.45) is 4.25. The van der Waals surface area contributed by atoms with Gasteiger partial charge in [0.2, 0.25) is 11.8 Å². The number of alkyl halides is 1. The molecule has 1 aliphatic carbocycles. The predicted molar refractivity (Wildman–Crippen MR) is 125 cm³/mol. The molecule has 0 aromatic heterocycles. The molecule has 3 rings (SSSR count). The Morgan fingerprint density at radius 3 is 2.42 bits per heavy atom. The number of halogens is 2. The van der Waals surface area contributed by atoms with Crippen LogP contribution in [0.15, 0.2) is 48.5 Å². The lowest BCUT2D eigenvalue weighted by molar-refractivity contribution is -0.126. The third-order valence-corrected chi connectivity index (χ3v) is 6.45. The highest BCUT2D eigenvalue weighted by molar-refractivity contribution is 6.32. The molecule has 1 aliphatic rings. The van der Waals surface area contributed by atoms with Gasteiger partial charge in [0.15, 0.2) is 0 Å². The number of benzene rings is 2. The summed E-state index contributed by atoms with van der Waals surface area (Å²) in [5.41, 5.74) is 1.10. The van der Waals surface area contributed by atoms with Crippen molar-refractivity contribution in [2.45, 2.75) is 44.7 Å². The van der Waals surface area contributed by atoms with Gasteiger partial charge in [-0.2, -0.15) is 0 Å². The van der Waals surface area contributed by atoms with Crippen LogP contribution in [0.4, 0.5) is 5.69 Å². The molecule has 0 unspecified atom stereocenters. The Morgan fingerprint density at radius 1 is 1.13 bits per heavy atom. The molecular formula is C24H28Cl2N2O3. The number of carbonyl (C=O) groups excluding carboxylic acids is 2. The van der Waals surface area contributed by atoms with Crippen molar-refractivity contribution in [2.24, 2.45) is 5.92 Å². The third-order valence-electron chi connectivity index (χ3n) is 5.88. The molecular weight excluding hydrogens is 435 g/mol. The number of nitrogens with one attached hydrogen (secondary N) is 1. The van der Waals surface area contributed by atoms with Gasteiger partial charge in [-0.25, -0.2) is 0 Å². The van der Waals surface area contributed by atoms with Crippen LogP contribution >= 0.6 is 23.2 Å². The Balaban J connectivity index is 2.04. The fourth-order valence-electron chi connectivity index (χ4n) is 4.13. The van der Waals surface area contributed by atoms with Gasteiger partial charge in [0, 0.05) is 22.3 Å². The SMILES string of the molecule is COc1ccc(N(C(=O)CCl)[C@H](C(=O)N[C@H]2CCCC[C@@H]2C)c2ccccc2Cl)cc1. The summed E-state index contributed by atoms with van der Waals surface area (Å²) in [7, 11) is 1.57. The number of carbonyl (C=O) groups is 2. The zero-order valence-electron chi connectivity index (χ0n) is 17.8. The minimum absolute atomic E-state index is 0.0649. The summed E-state index contributed by atoms with van der Waals surface area (Å²) in [4.78, 5) is 28.1. The number of ether oxygens (including phenoxy) is 1. The fourth-order valence-corrected chi connectivity index (χ4v) is 4.50. The van der Waals surface area contributed by atoms with E-state index in [4.69, 9.17) is 27.9 Å². The molecule has 0 saturated heterocycles. The Morgan fingerprint density at radius 2 is 1.81 bits per heavy atom. The van der Waals surface area contributed by atoms with Crippen molar-refractivity contribution in [3.8, 4) is 5.75 Å². The average Bonchev–Trinajstić information content (AvgIpc) is 2.79. The number of amides is 2. The van der Waals surface area contributed by atoms with Gasteiger partial charge in [-0.15, -0.1) is 11.6 Å². The second kappa shape index (κ2) is 10.9. The average molecular weight is 463 g/mol. The van der Waals surface area contributed by atoms with E-state index in [1.807, 2.05) is 6.07 Å². The predicted octanol–water partition coefficient (Wildman–Crippen LogP) is 5.36. The highest BCUT2D eigenvalue weighted by Gasteiger charge is 2.35. The summed E-state index contributed by atoms with van der Waals surface area (Å²) < 4.78 is 5.23. The van der Waals surface area contributed by atoms with E-state index in [0.29, 0.717) is 27.9 Å². The van der Waals surface area contributed by atoms with Gasteiger partial charge in [-0.1, -0.05) is 49.6 Å². The highest BCUT2D eigenvalue weighted by Crippen LogP contribution is 2.34. The van der Waals surface area contributed by atoms with Gasteiger partial charge in [-0.05, 0) is 49.1 Å². The molecule has 0 radical (unpaired) electrons. The van der Waals surface area contributed by atoms with Crippen LogP contribution in [0.2, 0.25) is 5.02 Å². The van der Waals surface area contributed by atoms with Crippen LogP contribution in [0.3, 0.4) is 0 Å². The Bertz CT molecular complexity index is 904. The van der Waals surface area contributed by atoms with Crippen molar-refractivity contribution in [1.82, 2.24) is 5.32 Å². The van der Waals surface area contributed by atoms with Gasteiger partial charge in [0.05, 0.1) is 7.11 Å². The number of nitrogens with zero attached hydrogens (tertiary/aromatic N) is 1. The van der Waals surface area contributed by atoms with Crippen LogP contribution < -0.4 is 15.0 Å². The first-order chi connectivity index (χ1) is 15.0. The Labute approximate surface area is 193 Å². The van der Waals surface area contributed by atoms with Crippen LogP contribution in [-0.2, 0) is 9.59 Å². The Hall–Kier alpha value is -2.24. The monoisotopic (exact) mass is 462 g/mol. The minimum Gasteiger partial charge on any atom is -0.497 e. The summed E-state index contributed by atoms with van der Waals surface area (Å²) in [5, 5.41) is 3.60. The quantitative estimate of drug-likeness (QED) is 0.563. The van der Waals surface area contributed by atoms with Crippen molar-refractivity contribution in [3.63, 3.8) is 0 Å².